The third-order valence-corrected chi connectivity index (χ3v) is 3.73. The Morgan fingerprint density at radius 1 is 1.26 bits per heavy atom. The van der Waals surface area contributed by atoms with Gasteiger partial charge in [-0.1, -0.05) is 35.9 Å². The Bertz CT molecular complexity index is 570. The van der Waals surface area contributed by atoms with Crippen LogP contribution in [0.25, 0.3) is 10.8 Å². The Kier molecular flexibility index (Phi) is 3.80. The topological polar surface area (TPSA) is 47.0 Å². The molecule has 4 nitrogen and oxygen atoms in total. The van der Waals surface area contributed by atoms with Crippen molar-refractivity contribution < 1.29 is 4.74 Å². The number of hydrogen-bond acceptors (Lipinski definition) is 4. The molecule has 2 heterocycles. The van der Waals surface area contributed by atoms with Crippen LogP contribution in [0, 0.1) is 5.92 Å². The number of fused-ring (bicyclic) bond motifs is 1. The fourth-order valence-corrected chi connectivity index (χ4v) is 2.61. The predicted molar refractivity (Wildman–Crippen MR) is 76.6 cm³/mol. The third-order valence-electron chi connectivity index (χ3n) is 3.46. The second kappa shape index (κ2) is 5.72. The first kappa shape index (κ1) is 12.6. The summed E-state index contributed by atoms with van der Waals surface area (Å²) in [4.78, 5) is 0. The van der Waals surface area contributed by atoms with Crippen molar-refractivity contribution in [2.75, 3.05) is 25.1 Å². The number of anilines is 1. The highest BCUT2D eigenvalue weighted by Gasteiger charge is 2.14. The van der Waals surface area contributed by atoms with Gasteiger partial charge < -0.3 is 10.1 Å². The van der Waals surface area contributed by atoms with Crippen LogP contribution in [0.4, 0.5) is 5.82 Å². The van der Waals surface area contributed by atoms with Gasteiger partial charge in [-0.15, -0.1) is 10.2 Å². The lowest BCUT2D eigenvalue weighted by Gasteiger charge is -2.22. The lowest BCUT2D eigenvalue weighted by Crippen LogP contribution is -2.24. The number of halogens is 1. The minimum atomic E-state index is 0.446. The molecule has 5 heteroatoms. The standard InChI is InChI=1S/C14H16ClN3O/c15-13-11-5-1-2-6-12(11)14(18-17-13)16-8-10-4-3-7-19-9-10/h1-2,5-6,10H,3-4,7-9H2,(H,16,18). The molecular formula is C14H16ClN3O. The van der Waals surface area contributed by atoms with Crippen LogP contribution < -0.4 is 5.32 Å². The summed E-state index contributed by atoms with van der Waals surface area (Å²) in [7, 11) is 0. The summed E-state index contributed by atoms with van der Waals surface area (Å²) in [6, 6.07) is 7.90. The molecule has 1 atom stereocenters. The monoisotopic (exact) mass is 277 g/mol. The molecule has 0 saturated carbocycles. The predicted octanol–water partition coefficient (Wildman–Crippen LogP) is 3.12. The Hall–Kier alpha value is -1.39. The van der Waals surface area contributed by atoms with E-state index in [9.17, 15) is 0 Å². The van der Waals surface area contributed by atoms with E-state index in [0.717, 1.165) is 42.8 Å². The van der Waals surface area contributed by atoms with Crippen LogP contribution in [0.1, 0.15) is 12.8 Å². The molecule has 0 radical (unpaired) electrons. The van der Waals surface area contributed by atoms with Gasteiger partial charge in [0.05, 0.1) is 6.61 Å². The molecule has 0 spiro atoms. The smallest absolute Gasteiger partial charge is 0.159 e. The molecule has 0 bridgehead atoms. The van der Waals surface area contributed by atoms with Gasteiger partial charge in [0.25, 0.3) is 0 Å². The molecular weight excluding hydrogens is 262 g/mol. The van der Waals surface area contributed by atoms with Crippen molar-refractivity contribution in [3.8, 4) is 0 Å². The van der Waals surface area contributed by atoms with Crippen LogP contribution in [-0.2, 0) is 4.74 Å². The van der Waals surface area contributed by atoms with Crippen LogP contribution in [0.5, 0.6) is 0 Å². The molecule has 1 aliphatic heterocycles. The number of nitrogens with one attached hydrogen (secondary N) is 1. The maximum Gasteiger partial charge on any atom is 0.159 e. The van der Waals surface area contributed by atoms with Gasteiger partial charge in [0.2, 0.25) is 0 Å². The molecule has 1 aromatic heterocycles. The summed E-state index contributed by atoms with van der Waals surface area (Å²) in [5.74, 6) is 1.34. The molecule has 100 valence electrons. The van der Waals surface area contributed by atoms with E-state index in [1.165, 1.54) is 6.42 Å². The van der Waals surface area contributed by atoms with E-state index in [4.69, 9.17) is 16.3 Å². The number of benzene rings is 1. The highest BCUT2D eigenvalue weighted by Crippen LogP contribution is 2.26. The quantitative estimate of drug-likeness (QED) is 0.936. The average Bonchev–Trinajstić information content (AvgIpc) is 2.48. The molecule has 0 amide bonds. The van der Waals surface area contributed by atoms with E-state index >= 15 is 0 Å². The molecule has 1 unspecified atom stereocenters. The van der Waals surface area contributed by atoms with Gasteiger partial charge in [-0.2, -0.15) is 0 Å². The van der Waals surface area contributed by atoms with Crippen molar-refractivity contribution in [1.29, 1.82) is 0 Å². The van der Waals surface area contributed by atoms with Crippen LogP contribution in [-0.4, -0.2) is 30.0 Å². The van der Waals surface area contributed by atoms with E-state index in [1.54, 1.807) is 0 Å². The first-order valence-corrected chi connectivity index (χ1v) is 6.95. The molecule has 19 heavy (non-hydrogen) atoms. The zero-order valence-electron chi connectivity index (χ0n) is 10.6. The van der Waals surface area contributed by atoms with Crippen LogP contribution in [0.3, 0.4) is 0 Å². The minimum absolute atomic E-state index is 0.446. The molecule has 1 aliphatic rings. The second-order valence-corrected chi connectivity index (χ2v) is 5.21. The number of nitrogens with zero attached hydrogens (tertiary/aromatic N) is 2. The fraction of sp³-hybridized carbons (Fsp3) is 0.429. The fourth-order valence-electron chi connectivity index (χ4n) is 2.41. The van der Waals surface area contributed by atoms with Crippen molar-refractivity contribution in [3.63, 3.8) is 0 Å². The van der Waals surface area contributed by atoms with E-state index in [0.29, 0.717) is 11.1 Å². The normalized spacial score (nSPS) is 19.5. The van der Waals surface area contributed by atoms with Gasteiger partial charge in [-0.25, -0.2) is 0 Å². The van der Waals surface area contributed by atoms with Crippen molar-refractivity contribution in [2.24, 2.45) is 5.92 Å². The summed E-state index contributed by atoms with van der Waals surface area (Å²) in [5.41, 5.74) is 0. The van der Waals surface area contributed by atoms with Gasteiger partial charge in [0.1, 0.15) is 0 Å². The Labute approximate surface area is 117 Å². The van der Waals surface area contributed by atoms with Crippen molar-refractivity contribution in [3.05, 3.63) is 29.4 Å². The summed E-state index contributed by atoms with van der Waals surface area (Å²) in [5, 5.41) is 13.9. The van der Waals surface area contributed by atoms with Crippen LogP contribution in [0.15, 0.2) is 24.3 Å². The minimum Gasteiger partial charge on any atom is -0.381 e. The molecule has 2 aromatic rings. The van der Waals surface area contributed by atoms with Gasteiger partial charge in [0.15, 0.2) is 11.0 Å². The Morgan fingerprint density at radius 3 is 2.89 bits per heavy atom. The van der Waals surface area contributed by atoms with Crippen molar-refractivity contribution in [1.82, 2.24) is 10.2 Å². The second-order valence-electron chi connectivity index (χ2n) is 4.85. The number of ether oxygens (including phenoxy) is 1. The molecule has 1 aromatic carbocycles. The Balaban J connectivity index is 1.79. The average molecular weight is 278 g/mol. The highest BCUT2D eigenvalue weighted by molar-refractivity contribution is 6.34. The van der Waals surface area contributed by atoms with Gasteiger partial charge in [-0.05, 0) is 18.8 Å². The maximum absolute atomic E-state index is 6.06. The van der Waals surface area contributed by atoms with E-state index in [-0.39, 0.29) is 0 Å². The molecule has 0 aliphatic carbocycles. The zero-order chi connectivity index (χ0) is 13.1. The lowest BCUT2D eigenvalue weighted by atomic mass is 10.0. The van der Waals surface area contributed by atoms with Crippen LogP contribution in [0.2, 0.25) is 5.15 Å². The summed E-state index contributed by atoms with van der Waals surface area (Å²) in [6.07, 6.45) is 2.34. The summed E-state index contributed by atoms with van der Waals surface area (Å²) >= 11 is 6.06. The van der Waals surface area contributed by atoms with Crippen molar-refractivity contribution >= 4 is 28.2 Å². The maximum atomic E-state index is 6.06. The van der Waals surface area contributed by atoms with Gasteiger partial charge in [0, 0.05) is 23.9 Å². The van der Waals surface area contributed by atoms with Gasteiger partial charge in [-0.3, -0.25) is 0 Å². The Morgan fingerprint density at radius 2 is 2.11 bits per heavy atom. The number of rotatable bonds is 3. The third kappa shape index (κ3) is 2.80. The number of hydrogen-bond donors (Lipinski definition) is 1. The summed E-state index contributed by atoms with van der Waals surface area (Å²) < 4.78 is 5.48. The summed E-state index contributed by atoms with van der Waals surface area (Å²) in [6.45, 7) is 2.58. The highest BCUT2D eigenvalue weighted by atomic mass is 35.5. The molecule has 3 rings (SSSR count). The number of aromatic nitrogens is 2. The molecule has 1 fully saturated rings. The lowest BCUT2D eigenvalue weighted by molar-refractivity contribution is 0.0595. The first-order valence-electron chi connectivity index (χ1n) is 6.57. The SMILES string of the molecule is Clc1nnc(NCC2CCCOC2)c2ccccc12. The first-order chi connectivity index (χ1) is 9.34. The zero-order valence-corrected chi connectivity index (χ0v) is 11.4. The van der Waals surface area contributed by atoms with Crippen molar-refractivity contribution in [2.45, 2.75) is 12.8 Å². The van der Waals surface area contributed by atoms with Crippen LogP contribution >= 0.6 is 11.6 Å². The molecule has 1 saturated heterocycles. The molecule has 1 N–H and O–H groups in total. The van der Waals surface area contributed by atoms with E-state index < -0.39 is 0 Å². The van der Waals surface area contributed by atoms with E-state index in [2.05, 4.69) is 15.5 Å². The largest absolute Gasteiger partial charge is 0.381 e. The van der Waals surface area contributed by atoms with E-state index in [1.807, 2.05) is 24.3 Å². The van der Waals surface area contributed by atoms with Gasteiger partial charge >= 0.3 is 0 Å².